The van der Waals surface area contributed by atoms with Crippen LogP contribution in [0.3, 0.4) is 0 Å². The Morgan fingerprint density at radius 2 is 1.48 bits per heavy atom. The first-order valence-electron chi connectivity index (χ1n) is 9.70. The van der Waals surface area contributed by atoms with Crippen molar-refractivity contribution in [3.63, 3.8) is 0 Å². The summed E-state index contributed by atoms with van der Waals surface area (Å²) in [7, 11) is 1.65. The topological polar surface area (TPSA) is 65.1 Å². The van der Waals surface area contributed by atoms with E-state index in [0.29, 0.717) is 19.6 Å². The molecule has 0 atom stereocenters. The number of nitrogens with one attached hydrogen (secondary N) is 1. The van der Waals surface area contributed by atoms with Gasteiger partial charge in [0.05, 0.1) is 6.54 Å². The number of piperidine rings is 2. The van der Waals surface area contributed by atoms with Gasteiger partial charge in [-0.15, -0.1) is 24.8 Å². The van der Waals surface area contributed by atoms with E-state index in [0.717, 1.165) is 65.0 Å². The molecule has 7 nitrogen and oxygen atoms in total. The summed E-state index contributed by atoms with van der Waals surface area (Å²) in [5, 5.41) is 3.29. The summed E-state index contributed by atoms with van der Waals surface area (Å²) in [5.41, 5.74) is -0.656. The summed E-state index contributed by atoms with van der Waals surface area (Å²) in [6.07, 6.45) is 4.96. The van der Waals surface area contributed by atoms with Crippen molar-refractivity contribution >= 4 is 36.6 Å². The molecule has 2 amide bonds. The van der Waals surface area contributed by atoms with Crippen molar-refractivity contribution in [2.24, 2.45) is 0 Å². The quantitative estimate of drug-likeness (QED) is 0.721. The van der Waals surface area contributed by atoms with Crippen LogP contribution in [-0.4, -0.2) is 98.1 Å². The van der Waals surface area contributed by atoms with Crippen LogP contribution in [0.5, 0.6) is 0 Å². The highest BCUT2D eigenvalue weighted by Crippen LogP contribution is 2.25. The van der Waals surface area contributed by atoms with Crippen LogP contribution < -0.4 is 5.32 Å². The van der Waals surface area contributed by atoms with Gasteiger partial charge < -0.3 is 19.9 Å². The summed E-state index contributed by atoms with van der Waals surface area (Å²) in [6, 6.07) is 0. The fourth-order valence-electron chi connectivity index (χ4n) is 4.17. The van der Waals surface area contributed by atoms with Crippen LogP contribution in [0.2, 0.25) is 0 Å². The second-order valence-corrected chi connectivity index (χ2v) is 7.46. The van der Waals surface area contributed by atoms with Crippen molar-refractivity contribution in [1.82, 2.24) is 20.0 Å². The number of rotatable bonds is 4. The Kier molecular flexibility index (Phi) is 10.3. The Morgan fingerprint density at radius 1 is 0.889 bits per heavy atom. The average molecular weight is 425 g/mol. The molecular formula is C18H34Cl2N4O3. The summed E-state index contributed by atoms with van der Waals surface area (Å²) in [5.74, 6) is 0.365. The third-order valence-corrected chi connectivity index (χ3v) is 5.92. The number of piperazine rings is 1. The molecule has 0 aromatic rings. The van der Waals surface area contributed by atoms with Gasteiger partial charge in [0, 0.05) is 46.4 Å². The summed E-state index contributed by atoms with van der Waals surface area (Å²) >= 11 is 0. The second-order valence-electron chi connectivity index (χ2n) is 7.46. The van der Waals surface area contributed by atoms with E-state index in [2.05, 4.69) is 10.2 Å². The van der Waals surface area contributed by atoms with Crippen molar-refractivity contribution in [2.45, 2.75) is 37.7 Å². The van der Waals surface area contributed by atoms with Gasteiger partial charge in [0.2, 0.25) is 5.91 Å². The van der Waals surface area contributed by atoms with Gasteiger partial charge in [0.1, 0.15) is 5.60 Å². The number of amides is 2. The number of nitrogens with zero attached hydrogens (tertiary/aromatic N) is 3. The van der Waals surface area contributed by atoms with Crippen molar-refractivity contribution in [3.05, 3.63) is 0 Å². The Morgan fingerprint density at radius 3 is 2.04 bits per heavy atom. The fourth-order valence-corrected chi connectivity index (χ4v) is 4.17. The number of methoxy groups -OCH3 is 1. The van der Waals surface area contributed by atoms with Gasteiger partial charge in [-0.2, -0.15) is 0 Å². The molecule has 0 unspecified atom stereocenters. The van der Waals surface area contributed by atoms with E-state index < -0.39 is 5.60 Å². The van der Waals surface area contributed by atoms with Crippen LogP contribution in [0.25, 0.3) is 0 Å². The molecule has 0 bridgehead atoms. The van der Waals surface area contributed by atoms with E-state index in [4.69, 9.17) is 4.74 Å². The molecule has 0 aliphatic carbocycles. The van der Waals surface area contributed by atoms with E-state index in [1.807, 2.05) is 9.80 Å². The molecule has 3 aliphatic heterocycles. The number of ether oxygens (including phenoxy) is 1. The average Bonchev–Trinajstić information content (AvgIpc) is 2.69. The molecular weight excluding hydrogens is 391 g/mol. The van der Waals surface area contributed by atoms with Gasteiger partial charge >= 0.3 is 0 Å². The van der Waals surface area contributed by atoms with Crippen LogP contribution >= 0.6 is 24.8 Å². The first-order chi connectivity index (χ1) is 12.1. The summed E-state index contributed by atoms with van der Waals surface area (Å²) < 4.78 is 5.66. The molecule has 3 rings (SSSR count). The predicted octanol–water partition coefficient (Wildman–Crippen LogP) is 0.755. The molecule has 0 spiro atoms. The largest absolute Gasteiger partial charge is 0.368 e. The highest BCUT2D eigenvalue weighted by Gasteiger charge is 2.43. The van der Waals surface area contributed by atoms with E-state index in [9.17, 15) is 9.59 Å². The predicted molar refractivity (Wildman–Crippen MR) is 110 cm³/mol. The SMILES string of the molecule is COC1(C(=O)N2CCN(CC(=O)N3CCCCC3)CC2)CCNCC1.Cl.Cl. The third kappa shape index (κ3) is 5.94. The number of carbonyl (C=O) groups excluding carboxylic acids is 2. The molecule has 0 radical (unpaired) electrons. The lowest BCUT2D eigenvalue weighted by Gasteiger charge is -2.42. The minimum Gasteiger partial charge on any atom is -0.368 e. The molecule has 0 saturated carbocycles. The molecule has 0 aromatic heterocycles. The molecule has 3 heterocycles. The molecule has 3 saturated heterocycles. The number of halogens is 2. The Hall–Kier alpha value is -0.600. The Labute approximate surface area is 174 Å². The number of likely N-dealkylation sites (tertiary alicyclic amines) is 1. The van der Waals surface area contributed by atoms with Crippen molar-refractivity contribution in [2.75, 3.05) is 66.0 Å². The van der Waals surface area contributed by atoms with E-state index in [1.165, 1.54) is 6.42 Å². The van der Waals surface area contributed by atoms with Gasteiger partial charge in [-0.3, -0.25) is 14.5 Å². The highest BCUT2D eigenvalue weighted by atomic mass is 35.5. The van der Waals surface area contributed by atoms with E-state index >= 15 is 0 Å². The molecule has 9 heteroatoms. The highest BCUT2D eigenvalue weighted by molar-refractivity contribution is 5.86. The number of hydrogen-bond donors (Lipinski definition) is 1. The van der Waals surface area contributed by atoms with Gasteiger partial charge in [-0.25, -0.2) is 0 Å². The van der Waals surface area contributed by atoms with E-state index in [1.54, 1.807) is 7.11 Å². The molecule has 158 valence electrons. The number of hydrogen-bond acceptors (Lipinski definition) is 5. The van der Waals surface area contributed by atoms with E-state index in [-0.39, 0.29) is 36.6 Å². The molecule has 3 fully saturated rings. The third-order valence-electron chi connectivity index (χ3n) is 5.92. The normalized spacial score (nSPS) is 23.1. The van der Waals surface area contributed by atoms with Crippen molar-refractivity contribution < 1.29 is 14.3 Å². The lowest BCUT2D eigenvalue weighted by molar-refractivity contribution is -0.160. The second kappa shape index (κ2) is 11.4. The monoisotopic (exact) mass is 424 g/mol. The van der Waals surface area contributed by atoms with Gasteiger partial charge in [0.25, 0.3) is 5.91 Å². The molecule has 1 N–H and O–H groups in total. The zero-order chi connectivity index (χ0) is 17.7. The van der Waals surface area contributed by atoms with Crippen molar-refractivity contribution in [3.8, 4) is 0 Å². The maximum absolute atomic E-state index is 13.0. The van der Waals surface area contributed by atoms with Crippen LogP contribution in [0.4, 0.5) is 0 Å². The van der Waals surface area contributed by atoms with Crippen molar-refractivity contribution in [1.29, 1.82) is 0 Å². The molecule has 3 aliphatic rings. The zero-order valence-corrected chi connectivity index (χ0v) is 17.9. The van der Waals surface area contributed by atoms with Crippen LogP contribution in [0.1, 0.15) is 32.1 Å². The standard InChI is InChI=1S/C18H32N4O3.2ClH/c1-25-18(5-7-19-8-6-18)17(24)22-13-11-20(12-14-22)15-16(23)21-9-3-2-4-10-21;;/h19H,2-15H2,1H3;2*1H. The van der Waals surface area contributed by atoms with Crippen LogP contribution in [0.15, 0.2) is 0 Å². The lowest BCUT2D eigenvalue weighted by Crippen LogP contribution is -2.59. The van der Waals surface area contributed by atoms with Gasteiger partial charge in [0.15, 0.2) is 0 Å². The Balaban J connectivity index is 0.00000182. The maximum atomic E-state index is 13.0. The summed E-state index contributed by atoms with van der Waals surface area (Å²) in [4.78, 5) is 31.5. The lowest BCUT2D eigenvalue weighted by atomic mass is 9.90. The first-order valence-corrected chi connectivity index (χ1v) is 9.70. The summed E-state index contributed by atoms with van der Waals surface area (Å²) in [6.45, 7) is 6.85. The van der Waals surface area contributed by atoms with Gasteiger partial charge in [-0.05, 0) is 45.2 Å². The maximum Gasteiger partial charge on any atom is 0.254 e. The fraction of sp³-hybridized carbons (Fsp3) is 0.889. The minimum atomic E-state index is -0.656. The minimum absolute atomic E-state index is 0. The zero-order valence-electron chi connectivity index (χ0n) is 16.3. The van der Waals surface area contributed by atoms with Gasteiger partial charge in [-0.1, -0.05) is 0 Å². The smallest absolute Gasteiger partial charge is 0.254 e. The Bertz CT molecular complexity index is 475. The van der Waals surface area contributed by atoms with Crippen LogP contribution in [-0.2, 0) is 14.3 Å². The number of carbonyl (C=O) groups is 2. The first kappa shape index (κ1) is 24.4. The van der Waals surface area contributed by atoms with Crippen LogP contribution in [0, 0.1) is 0 Å². The molecule has 27 heavy (non-hydrogen) atoms. The molecule has 0 aromatic carbocycles.